The van der Waals surface area contributed by atoms with Crippen molar-refractivity contribution in [2.45, 2.75) is 44.4 Å². The van der Waals surface area contributed by atoms with Gasteiger partial charge in [0.25, 0.3) is 0 Å². The van der Waals surface area contributed by atoms with Crippen molar-refractivity contribution in [1.82, 2.24) is 9.62 Å². The van der Waals surface area contributed by atoms with Crippen molar-refractivity contribution in [3.8, 4) is 0 Å². The first-order valence-corrected chi connectivity index (χ1v) is 9.78. The lowest BCUT2D eigenvalue weighted by Crippen LogP contribution is -2.41. The van der Waals surface area contributed by atoms with Crippen molar-refractivity contribution in [1.29, 1.82) is 0 Å². The molecule has 1 aliphatic rings. The summed E-state index contributed by atoms with van der Waals surface area (Å²) in [5.74, 6) is 2.02. The Morgan fingerprint density at radius 1 is 1.38 bits per heavy atom. The second-order valence-corrected chi connectivity index (χ2v) is 8.77. The number of hydrogen-bond donors (Lipinski definition) is 1. The van der Waals surface area contributed by atoms with Crippen molar-refractivity contribution in [2.24, 2.45) is 0 Å². The van der Waals surface area contributed by atoms with Crippen molar-refractivity contribution in [3.05, 3.63) is 17.1 Å². The molecular formula is C14H24N2O3S2. The molecule has 0 bridgehead atoms. The van der Waals surface area contributed by atoms with E-state index < -0.39 is 10.0 Å². The fraction of sp³-hybridized carbons (Fsp3) is 0.714. The van der Waals surface area contributed by atoms with E-state index in [2.05, 4.69) is 12.2 Å². The molecule has 21 heavy (non-hydrogen) atoms. The maximum Gasteiger partial charge on any atom is 0.246 e. The molecule has 5 nitrogen and oxygen atoms in total. The van der Waals surface area contributed by atoms with Gasteiger partial charge in [0.05, 0.1) is 0 Å². The van der Waals surface area contributed by atoms with E-state index in [0.29, 0.717) is 41.3 Å². The number of rotatable bonds is 5. The van der Waals surface area contributed by atoms with Crippen LogP contribution in [0.3, 0.4) is 0 Å². The van der Waals surface area contributed by atoms with Gasteiger partial charge < -0.3 is 9.73 Å². The number of sulfonamides is 1. The minimum absolute atomic E-state index is 0.332. The average Bonchev–Trinajstić information content (AvgIpc) is 2.71. The molecule has 1 atom stereocenters. The normalized spacial score (nSPS) is 20.9. The summed E-state index contributed by atoms with van der Waals surface area (Å²) in [6, 6.07) is 0. The third-order valence-corrected chi connectivity index (χ3v) is 6.88. The van der Waals surface area contributed by atoms with Crippen LogP contribution < -0.4 is 5.32 Å². The minimum atomic E-state index is -3.48. The SMILES string of the molecule is CCNCc1c(C)oc(C)c1S(=O)(=O)N1CCSC(C)C1. The zero-order valence-corrected chi connectivity index (χ0v) is 14.7. The predicted molar refractivity (Wildman–Crippen MR) is 86.2 cm³/mol. The Morgan fingerprint density at radius 2 is 2.10 bits per heavy atom. The predicted octanol–water partition coefficient (Wildman–Crippen LogP) is 2.13. The Bertz CT molecular complexity index is 596. The van der Waals surface area contributed by atoms with E-state index in [9.17, 15) is 8.42 Å². The Labute approximate surface area is 131 Å². The lowest BCUT2D eigenvalue weighted by atomic mass is 10.2. The standard InChI is InChI=1S/C14H24N2O3S2/c1-5-15-8-13-11(3)19-12(4)14(13)21(17,18)16-6-7-20-10(2)9-16/h10,15H,5-9H2,1-4H3. The van der Waals surface area contributed by atoms with Gasteiger partial charge in [-0.3, -0.25) is 0 Å². The Morgan fingerprint density at radius 3 is 2.71 bits per heavy atom. The highest BCUT2D eigenvalue weighted by molar-refractivity contribution is 8.00. The van der Waals surface area contributed by atoms with E-state index in [1.165, 1.54) is 0 Å². The zero-order chi connectivity index (χ0) is 15.6. The number of aryl methyl sites for hydroxylation is 2. The highest BCUT2D eigenvalue weighted by atomic mass is 32.2. The molecule has 1 saturated heterocycles. The molecule has 1 aromatic rings. The van der Waals surface area contributed by atoms with Gasteiger partial charge in [-0.2, -0.15) is 16.1 Å². The molecule has 1 unspecified atom stereocenters. The highest BCUT2D eigenvalue weighted by Gasteiger charge is 2.34. The van der Waals surface area contributed by atoms with Gasteiger partial charge in [0.1, 0.15) is 16.4 Å². The highest BCUT2D eigenvalue weighted by Crippen LogP contribution is 2.31. The smallest absolute Gasteiger partial charge is 0.246 e. The van der Waals surface area contributed by atoms with Gasteiger partial charge in [0, 0.05) is 36.2 Å². The summed E-state index contributed by atoms with van der Waals surface area (Å²) in [4.78, 5) is 0.361. The molecule has 0 radical (unpaired) electrons. The summed E-state index contributed by atoms with van der Waals surface area (Å²) < 4.78 is 33.2. The third-order valence-electron chi connectivity index (χ3n) is 3.68. The van der Waals surface area contributed by atoms with Crippen LogP contribution in [-0.2, 0) is 16.6 Å². The summed E-state index contributed by atoms with van der Waals surface area (Å²) in [7, 11) is -3.48. The lowest BCUT2D eigenvalue weighted by molar-refractivity contribution is 0.421. The van der Waals surface area contributed by atoms with E-state index in [0.717, 1.165) is 17.9 Å². The van der Waals surface area contributed by atoms with Crippen LogP contribution in [0.2, 0.25) is 0 Å². The van der Waals surface area contributed by atoms with Crippen molar-refractivity contribution in [3.63, 3.8) is 0 Å². The van der Waals surface area contributed by atoms with E-state index in [1.807, 2.05) is 25.6 Å². The summed E-state index contributed by atoms with van der Waals surface area (Å²) in [5, 5.41) is 3.53. The first-order chi connectivity index (χ1) is 9.87. The first kappa shape index (κ1) is 16.9. The quantitative estimate of drug-likeness (QED) is 0.895. The van der Waals surface area contributed by atoms with Gasteiger partial charge in [-0.1, -0.05) is 13.8 Å². The second kappa shape index (κ2) is 6.73. The van der Waals surface area contributed by atoms with E-state index >= 15 is 0 Å². The van der Waals surface area contributed by atoms with E-state index in [1.54, 1.807) is 11.2 Å². The molecule has 1 fully saturated rings. The molecule has 2 heterocycles. The van der Waals surface area contributed by atoms with E-state index in [-0.39, 0.29) is 0 Å². The van der Waals surface area contributed by atoms with Crippen LogP contribution in [0.4, 0.5) is 0 Å². The van der Waals surface area contributed by atoms with E-state index in [4.69, 9.17) is 4.42 Å². The lowest BCUT2D eigenvalue weighted by Gasteiger charge is -2.29. The zero-order valence-electron chi connectivity index (χ0n) is 13.1. The van der Waals surface area contributed by atoms with Crippen LogP contribution in [0.15, 0.2) is 9.31 Å². The van der Waals surface area contributed by atoms with Crippen LogP contribution in [0.25, 0.3) is 0 Å². The largest absolute Gasteiger partial charge is 0.465 e. The van der Waals surface area contributed by atoms with Crippen molar-refractivity contribution in [2.75, 3.05) is 25.4 Å². The molecule has 0 aliphatic carbocycles. The Hall–Kier alpha value is -0.500. The van der Waals surface area contributed by atoms with Crippen LogP contribution >= 0.6 is 11.8 Å². The van der Waals surface area contributed by atoms with Gasteiger partial charge in [0.15, 0.2) is 0 Å². The van der Waals surface area contributed by atoms with Crippen LogP contribution in [-0.4, -0.2) is 43.4 Å². The maximum absolute atomic E-state index is 13.0. The second-order valence-electron chi connectivity index (χ2n) is 5.35. The fourth-order valence-corrected chi connectivity index (χ4v) is 5.80. The molecule has 1 aromatic heterocycles. The Balaban J connectivity index is 2.39. The fourth-order valence-electron chi connectivity index (χ4n) is 2.64. The molecular weight excluding hydrogens is 308 g/mol. The molecule has 0 saturated carbocycles. The minimum Gasteiger partial charge on any atom is -0.465 e. The first-order valence-electron chi connectivity index (χ1n) is 7.29. The topological polar surface area (TPSA) is 62.6 Å². The molecule has 0 aromatic carbocycles. The summed E-state index contributed by atoms with van der Waals surface area (Å²) >= 11 is 1.82. The van der Waals surface area contributed by atoms with Gasteiger partial charge in [-0.15, -0.1) is 0 Å². The monoisotopic (exact) mass is 332 g/mol. The number of nitrogens with zero attached hydrogens (tertiary/aromatic N) is 1. The molecule has 1 aliphatic heterocycles. The number of furan rings is 1. The van der Waals surface area contributed by atoms with Crippen molar-refractivity contribution < 1.29 is 12.8 Å². The average molecular weight is 332 g/mol. The number of nitrogens with one attached hydrogen (secondary N) is 1. The molecule has 120 valence electrons. The van der Waals surface area contributed by atoms with Gasteiger partial charge in [0.2, 0.25) is 10.0 Å². The molecule has 1 N–H and O–H groups in total. The molecule has 2 rings (SSSR count). The van der Waals surface area contributed by atoms with Gasteiger partial charge in [-0.05, 0) is 20.4 Å². The molecule has 0 spiro atoms. The third kappa shape index (κ3) is 3.47. The van der Waals surface area contributed by atoms with Gasteiger partial charge in [-0.25, -0.2) is 8.42 Å². The van der Waals surface area contributed by atoms with Crippen molar-refractivity contribution >= 4 is 21.8 Å². The molecule has 7 heteroatoms. The summed E-state index contributed by atoms with van der Waals surface area (Å²) in [6.45, 7) is 10.1. The van der Waals surface area contributed by atoms with Gasteiger partial charge >= 0.3 is 0 Å². The Kier molecular flexibility index (Phi) is 5.40. The van der Waals surface area contributed by atoms with Crippen LogP contribution in [0.1, 0.15) is 30.9 Å². The summed E-state index contributed by atoms with van der Waals surface area (Å²) in [5.41, 5.74) is 0.764. The molecule has 0 amide bonds. The maximum atomic E-state index is 13.0. The number of thioether (sulfide) groups is 1. The summed E-state index contributed by atoms with van der Waals surface area (Å²) in [6.07, 6.45) is 0. The van der Waals surface area contributed by atoms with Crippen LogP contribution in [0.5, 0.6) is 0 Å². The number of hydrogen-bond acceptors (Lipinski definition) is 5. The van der Waals surface area contributed by atoms with Crippen LogP contribution in [0, 0.1) is 13.8 Å².